The molecule has 3 atom stereocenters. The van der Waals surface area contributed by atoms with E-state index in [0.29, 0.717) is 18.7 Å². The lowest BCUT2D eigenvalue weighted by Crippen LogP contribution is -2.59. The highest BCUT2D eigenvalue weighted by atomic mass is 32.2. The number of methoxy groups -OCH3 is 1. The molecule has 0 saturated carbocycles. The minimum Gasteiger partial charge on any atom is -0.467 e. The van der Waals surface area contributed by atoms with Crippen LogP contribution in [-0.4, -0.2) is 78.7 Å². The predicted molar refractivity (Wildman–Crippen MR) is 157 cm³/mol. The molecule has 1 unspecified atom stereocenters. The number of hydrogen-bond acceptors (Lipinski definition) is 8. The number of fused-ring (bicyclic) bond motifs is 1. The largest absolute Gasteiger partial charge is 0.467 e. The maximum absolute atomic E-state index is 13.7. The van der Waals surface area contributed by atoms with Crippen molar-refractivity contribution in [3.05, 3.63) is 48.0 Å². The number of piperidine rings is 1. The van der Waals surface area contributed by atoms with Crippen LogP contribution in [-0.2, 0) is 30.4 Å². The number of carbonyl (C=O) groups excluding carboxylic acids is 3. The Morgan fingerprint density at radius 2 is 1.85 bits per heavy atom. The Morgan fingerprint density at radius 1 is 1.10 bits per heavy atom. The molecule has 3 rings (SSSR count). The van der Waals surface area contributed by atoms with Gasteiger partial charge in [-0.25, -0.2) is 4.79 Å². The molecule has 2 aromatic carbocycles. The molecule has 0 aliphatic carbocycles. The Labute approximate surface area is 236 Å². The molecule has 0 radical (unpaired) electrons. The number of carbonyl (C=O) groups is 3. The van der Waals surface area contributed by atoms with Gasteiger partial charge in [-0.3, -0.25) is 14.5 Å². The molecule has 39 heavy (non-hydrogen) atoms. The molecule has 8 nitrogen and oxygen atoms in total. The fourth-order valence-electron chi connectivity index (χ4n) is 5.03. The maximum atomic E-state index is 13.7. The zero-order chi connectivity index (χ0) is 28.4. The van der Waals surface area contributed by atoms with Crippen LogP contribution in [0.2, 0.25) is 0 Å². The van der Waals surface area contributed by atoms with Gasteiger partial charge in [0.25, 0.3) is 0 Å². The summed E-state index contributed by atoms with van der Waals surface area (Å²) in [5, 5.41) is 8.52. The van der Waals surface area contributed by atoms with E-state index < -0.39 is 23.7 Å². The summed E-state index contributed by atoms with van der Waals surface area (Å²) < 4.78 is 10.8. The van der Waals surface area contributed by atoms with Crippen LogP contribution in [0.5, 0.6) is 0 Å². The number of benzene rings is 2. The lowest BCUT2D eigenvalue weighted by atomic mass is 9.95. The van der Waals surface area contributed by atoms with E-state index in [9.17, 15) is 14.4 Å². The topological polar surface area (TPSA) is 97.0 Å². The van der Waals surface area contributed by atoms with Crippen LogP contribution >= 0.6 is 11.8 Å². The number of rotatable bonds is 12. The van der Waals surface area contributed by atoms with Gasteiger partial charge in [0.2, 0.25) is 5.91 Å². The van der Waals surface area contributed by atoms with E-state index in [1.165, 1.54) is 7.11 Å². The van der Waals surface area contributed by atoms with Crippen molar-refractivity contribution in [1.82, 2.24) is 15.5 Å². The SMILES string of the molecule is COC(=O)[C@H](CCSC)NC(=O)CN(Cc1cccc2ccccc12)C(C(=O)OC(C)(C)C)[C@@H]1CCCCN1. The van der Waals surface area contributed by atoms with Crippen LogP contribution in [0.4, 0.5) is 0 Å². The van der Waals surface area contributed by atoms with Gasteiger partial charge in [-0.05, 0) is 74.9 Å². The third-order valence-electron chi connectivity index (χ3n) is 6.80. The first kappa shape index (κ1) is 30.9. The van der Waals surface area contributed by atoms with Crippen molar-refractivity contribution < 1.29 is 23.9 Å². The second-order valence-electron chi connectivity index (χ2n) is 11.0. The van der Waals surface area contributed by atoms with Crippen LogP contribution < -0.4 is 10.6 Å². The Kier molecular flexibility index (Phi) is 11.6. The second kappa shape index (κ2) is 14.7. The van der Waals surface area contributed by atoms with Crippen LogP contribution in [0, 0.1) is 0 Å². The molecule has 0 bridgehead atoms. The first-order chi connectivity index (χ1) is 18.6. The summed E-state index contributed by atoms with van der Waals surface area (Å²) in [4.78, 5) is 41.5. The van der Waals surface area contributed by atoms with E-state index >= 15 is 0 Å². The third kappa shape index (κ3) is 9.22. The Balaban J connectivity index is 1.97. The molecular weight excluding hydrogens is 514 g/mol. The van der Waals surface area contributed by atoms with Crippen molar-refractivity contribution in [2.45, 2.75) is 76.7 Å². The number of nitrogens with one attached hydrogen (secondary N) is 2. The maximum Gasteiger partial charge on any atom is 0.328 e. The predicted octanol–water partition coefficient (Wildman–Crippen LogP) is 3.91. The summed E-state index contributed by atoms with van der Waals surface area (Å²) in [6.07, 6.45) is 5.24. The molecule has 1 heterocycles. The van der Waals surface area contributed by atoms with Gasteiger partial charge < -0.3 is 20.1 Å². The minimum atomic E-state index is -0.748. The number of nitrogens with zero attached hydrogens (tertiary/aromatic N) is 1. The first-order valence-electron chi connectivity index (χ1n) is 13.7. The zero-order valence-corrected chi connectivity index (χ0v) is 24.6. The van der Waals surface area contributed by atoms with Gasteiger partial charge >= 0.3 is 11.9 Å². The fraction of sp³-hybridized carbons (Fsp3) is 0.567. The zero-order valence-electron chi connectivity index (χ0n) is 23.8. The highest BCUT2D eigenvalue weighted by Crippen LogP contribution is 2.25. The summed E-state index contributed by atoms with van der Waals surface area (Å²) in [7, 11) is 1.32. The average molecular weight is 558 g/mol. The molecule has 9 heteroatoms. The quantitative estimate of drug-likeness (QED) is 0.380. The van der Waals surface area contributed by atoms with Crippen molar-refractivity contribution in [3.63, 3.8) is 0 Å². The Hall–Kier alpha value is -2.62. The van der Waals surface area contributed by atoms with Gasteiger partial charge in [-0.1, -0.05) is 48.9 Å². The van der Waals surface area contributed by atoms with Gasteiger partial charge in [0.05, 0.1) is 13.7 Å². The monoisotopic (exact) mass is 557 g/mol. The molecule has 1 aliphatic heterocycles. The number of amides is 1. The van der Waals surface area contributed by atoms with Gasteiger partial charge in [-0.15, -0.1) is 0 Å². The second-order valence-corrected chi connectivity index (χ2v) is 12.0. The molecule has 2 N–H and O–H groups in total. The molecule has 0 aromatic heterocycles. The molecule has 2 aromatic rings. The number of thioether (sulfide) groups is 1. The highest BCUT2D eigenvalue weighted by molar-refractivity contribution is 7.98. The van der Waals surface area contributed by atoms with Crippen LogP contribution in [0.3, 0.4) is 0 Å². The van der Waals surface area contributed by atoms with Crippen LogP contribution in [0.25, 0.3) is 10.8 Å². The van der Waals surface area contributed by atoms with Crippen molar-refractivity contribution >= 4 is 40.4 Å². The highest BCUT2D eigenvalue weighted by Gasteiger charge is 2.39. The minimum absolute atomic E-state index is 0.0714. The molecular formula is C30H43N3O5S. The number of ether oxygens (including phenoxy) is 2. The van der Waals surface area contributed by atoms with Gasteiger partial charge in [0, 0.05) is 12.6 Å². The van der Waals surface area contributed by atoms with E-state index in [0.717, 1.165) is 42.1 Å². The molecule has 0 spiro atoms. The van der Waals surface area contributed by atoms with Crippen LogP contribution in [0.15, 0.2) is 42.5 Å². The molecule has 1 fully saturated rings. The van der Waals surface area contributed by atoms with Crippen molar-refractivity contribution in [2.24, 2.45) is 0 Å². The number of hydrogen-bond donors (Lipinski definition) is 2. The van der Waals surface area contributed by atoms with E-state index in [2.05, 4.69) is 28.8 Å². The lowest BCUT2D eigenvalue weighted by Gasteiger charge is -2.39. The average Bonchev–Trinajstić information content (AvgIpc) is 2.90. The van der Waals surface area contributed by atoms with E-state index in [1.54, 1.807) is 11.8 Å². The van der Waals surface area contributed by atoms with E-state index in [4.69, 9.17) is 9.47 Å². The first-order valence-corrected chi connectivity index (χ1v) is 15.1. The van der Waals surface area contributed by atoms with Crippen molar-refractivity contribution in [2.75, 3.05) is 32.2 Å². The standard InChI is InChI=1S/C30H43N3O5S/c1-30(2,3)38-29(36)27(24-15-8-9-17-31-24)33(19-22-13-10-12-21-11-6-7-14-23(21)22)20-26(34)32-25(16-18-39-5)28(35)37-4/h6-7,10-14,24-25,27,31H,8-9,15-20H2,1-5H3,(H,32,34)/t24-,25-,27?/m0/s1. The molecule has 1 aliphatic rings. The molecule has 1 amide bonds. The van der Waals surface area contributed by atoms with Gasteiger partial charge in [0.1, 0.15) is 17.7 Å². The fourth-order valence-corrected chi connectivity index (χ4v) is 5.50. The van der Waals surface area contributed by atoms with Crippen molar-refractivity contribution in [3.8, 4) is 0 Å². The van der Waals surface area contributed by atoms with Crippen LogP contribution in [0.1, 0.15) is 52.0 Å². The summed E-state index contributed by atoms with van der Waals surface area (Å²) in [6, 6.07) is 12.6. The lowest BCUT2D eigenvalue weighted by molar-refractivity contribution is -0.163. The van der Waals surface area contributed by atoms with Gasteiger partial charge in [0.15, 0.2) is 0 Å². The summed E-state index contributed by atoms with van der Waals surface area (Å²) >= 11 is 1.60. The van der Waals surface area contributed by atoms with E-state index in [1.807, 2.05) is 56.2 Å². The summed E-state index contributed by atoms with van der Waals surface area (Å²) in [6.45, 7) is 6.65. The van der Waals surface area contributed by atoms with E-state index in [-0.39, 0.29) is 24.5 Å². The van der Waals surface area contributed by atoms with Crippen molar-refractivity contribution in [1.29, 1.82) is 0 Å². The Bertz CT molecular complexity index is 1110. The summed E-state index contributed by atoms with van der Waals surface area (Å²) in [5.41, 5.74) is 0.336. The smallest absolute Gasteiger partial charge is 0.328 e. The van der Waals surface area contributed by atoms with Gasteiger partial charge in [-0.2, -0.15) is 11.8 Å². The summed E-state index contributed by atoms with van der Waals surface area (Å²) in [5.74, 6) is -0.472. The number of esters is 2. The third-order valence-corrected chi connectivity index (χ3v) is 7.45. The molecule has 214 valence electrons. The Morgan fingerprint density at radius 3 is 2.51 bits per heavy atom. The normalized spacial score (nSPS) is 17.4. The molecule has 1 saturated heterocycles.